The average molecular weight is 415 g/mol. The van der Waals surface area contributed by atoms with Gasteiger partial charge in [-0.15, -0.1) is 0 Å². The van der Waals surface area contributed by atoms with Gasteiger partial charge in [-0.05, 0) is 42.5 Å². The van der Waals surface area contributed by atoms with Crippen LogP contribution in [0.25, 0.3) is 0 Å². The predicted octanol–water partition coefficient (Wildman–Crippen LogP) is 5.00. The van der Waals surface area contributed by atoms with E-state index in [1.165, 1.54) is 0 Å². The van der Waals surface area contributed by atoms with Gasteiger partial charge in [0.25, 0.3) is 0 Å². The zero-order valence-corrected chi connectivity index (χ0v) is 18.1. The molecule has 2 amide bonds. The van der Waals surface area contributed by atoms with Crippen LogP contribution in [-0.4, -0.2) is 29.3 Å². The third-order valence-electron chi connectivity index (χ3n) is 4.95. The normalized spacial score (nSPS) is 11.7. The molecule has 0 aliphatic carbocycles. The van der Waals surface area contributed by atoms with Crippen LogP contribution < -0.4 is 5.32 Å². The zero-order chi connectivity index (χ0) is 21.1. The van der Waals surface area contributed by atoms with Crippen LogP contribution in [0.3, 0.4) is 0 Å². The van der Waals surface area contributed by atoms with Crippen molar-refractivity contribution >= 4 is 23.4 Å². The van der Waals surface area contributed by atoms with Gasteiger partial charge in [0, 0.05) is 24.5 Å². The number of amides is 2. The first-order chi connectivity index (χ1) is 14.0. The highest BCUT2D eigenvalue weighted by Crippen LogP contribution is 2.17. The van der Waals surface area contributed by atoms with Gasteiger partial charge in [-0.2, -0.15) is 0 Å². The van der Waals surface area contributed by atoms with Crippen LogP contribution >= 0.6 is 11.6 Å². The van der Waals surface area contributed by atoms with Gasteiger partial charge in [-0.25, -0.2) is 0 Å². The minimum atomic E-state index is -0.481. The standard InChI is InChI=1S/C24H31ClN2O2/c1-3-5-17-26-24(29)22(4-2)27(18-20-11-14-21(25)15-12-20)23(28)16-13-19-9-7-6-8-10-19/h6-12,14-15,22H,3-5,13,16-18H2,1-2H3,(H,26,29)/t22-/m0/s1. The Bertz CT molecular complexity index is 762. The highest BCUT2D eigenvalue weighted by atomic mass is 35.5. The number of hydrogen-bond donors (Lipinski definition) is 1. The molecule has 0 saturated heterocycles. The summed E-state index contributed by atoms with van der Waals surface area (Å²) in [6.07, 6.45) is 3.55. The van der Waals surface area contributed by atoms with E-state index in [1.807, 2.05) is 61.5 Å². The molecule has 2 rings (SSSR count). The molecule has 2 aromatic carbocycles. The fourth-order valence-electron chi connectivity index (χ4n) is 3.25. The molecule has 0 heterocycles. The zero-order valence-electron chi connectivity index (χ0n) is 17.4. The van der Waals surface area contributed by atoms with Gasteiger partial charge in [-0.3, -0.25) is 9.59 Å². The molecule has 0 aliphatic rings. The molecule has 1 N–H and O–H groups in total. The van der Waals surface area contributed by atoms with Crippen molar-refractivity contribution in [1.29, 1.82) is 0 Å². The lowest BCUT2D eigenvalue weighted by Gasteiger charge is -2.31. The molecule has 0 unspecified atom stereocenters. The van der Waals surface area contributed by atoms with Gasteiger partial charge in [0.15, 0.2) is 0 Å². The van der Waals surface area contributed by atoms with Crippen LogP contribution in [0.5, 0.6) is 0 Å². The SMILES string of the molecule is CCCCNC(=O)[C@H](CC)N(Cc1ccc(Cl)cc1)C(=O)CCc1ccccc1. The first-order valence-electron chi connectivity index (χ1n) is 10.4. The maximum atomic E-state index is 13.1. The van der Waals surface area contributed by atoms with Crippen LogP contribution in [0, 0.1) is 0 Å². The number of halogens is 1. The lowest BCUT2D eigenvalue weighted by molar-refractivity contribution is -0.141. The molecule has 2 aromatic rings. The monoisotopic (exact) mass is 414 g/mol. The van der Waals surface area contributed by atoms with E-state index in [-0.39, 0.29) is 11.8 Å². The van der Waals surface area contributed by atoms with Crippen LogP contribution in [0.2, 0.25) is 5.02 Å². The van der Waals surface area contributed by atoms with Crippen molar-refractivity contribution in [2.45, 2.75) is 58.5 Å². The van der Waals surface area contributed by atoms with Crippen LogP contribution in [0.1, 0.15) is 50.7 Å². The Kier molecular flexibility index (Phi) is 9.72. The molecule has 0 saturated carbocycles. The van der Waals surface area contributed by atoms with Crippen molar-refractivity contribution < 1.29 is 9.59 Å². The largest absolute Gasteiger partial charge is 0.354 e. The van der Waals surface area contributed by atoms with Crippen LogP contribution in [0.4, 0.5) is 0 Å². The third-order valence-corrected chi connectivity index (χ3v) is 5.20. The molecule has 0 radical (unpaired) electrons. The summed E-state index contributed by atoms with van der Waals surface area (Å²) in [5.41, 5.74) is 2.08. The summed E-state index contributed by atoms with van der Waals surface area (Å²) < 4.78 is 0. The van der Waals surface area contributed by atoms with Gasteiger partial charge in [0.1, 0.15) is 6.04 Å². The maximum absolute atomic E-state index is 13.1. The Hall–Kier alpha value is -2.33. The summed E-state index contributed by atoms with van der Waals surface area (Å²) >= 11 is 5.99. The van der Waals surface area contributed by atoms with Crippen molar-refractivity contribution in [2.24, 2.45) is 0 Å². The Morgan fingerprint density at radius 2 is 1.69 bits per heavy atom. The number of hydrogen-bond acceptors (Lipinski definition) is 2. The number of carbonyl (C=O) groups is 2. The van der Waals surface area contributed by atoms with E-state index in [0.29, 0.717) is 37.4 Å². The number of carbonyl (C=O) groups excluding carboxylic acids is 2. The Labute approximate surface area is 179 Å². The molecule has 0 fully saturated rings. The summed E-state index contributed by atoms with van der Waals surface area (Å²) in [6, 6.07) is 16.9. The van der Waals surface area contributed by atoms with Crippen molar-refractivity contribution in [3.8, 4) is 0 Å². The quantitative estimate of drug-likeness (QED) is 0.526. The maximum Gasteiger partial charge on any atom is 0.242 e. The van der Waals surface area contributed by atoms with E-state index in [9.17, 15) is 9.59 Å². The summed E-state index contributed by atoms with van der Waals surface area (Å²) in [5, 5.41) is 3.64. The van der Waals surface area contributed by atoms with E-state index >= 15 is 0 Å². The van der Waals surface area contributed by atoms with Gasteiger partial charge >= 0.3 is 0 Å². The predicted molar refractivity (Wildman–Crippen MR) is 119 cm³/mol. The van der Waals surface area contributed by atoms with E-state index in [4.69, 9.17) is 11.6 Å². The summed E-state index contributed by atoms with van der Waals surface area (Å²) in [6.45, 7) is 5.07. The highest BCUT2D eigenvalue weighted by molar-refractivity contribution is 6.30. The molecule has 4 nitrogen and oxygen atoms in total. The van der Waals surface area contributed by atoms with Gasteiger partial charge in [0.05, 0.1) is 0 Å². The molecule has 0 aromatic heterocycles. The number of benzene rings is 2. The smallest absolute Gasteiger partial charge is 0.242 e. The first kappa shape index (κ1) is 23.0. The fraction of sp³-hybridized carbons (Fsp3) is 0.417. The Morgan fingerprint density at radius 1 is 1.00 bits per heavy atom. The Morgan fingerprint density at radius 3 is 2.31 bits per heavy atom. The molecule has 5 heteroatoms. The number of unbranched alkanes of at least 4 members (excludes halogenated alkanes) is 1. The Balaban J connectivity index is 2.14. The molecule has 0 bridgehead atoms. The highest BCUT2D eigenvalue weighted by Gasteiger charge is 2.28. The third kappa shape index (κ3) is 7.54. The van der Waals surface area contributed by atoms with E-state index in [2.05, 4.69) is 12.2 Å². The number of nitrogens with one attached hydrogen (secondary N) is 1. The van der Waals surface area contributed by atoms with Crippen molar-refractivity contribution in [1.82, 2.24) is 10.2 Å². The minimum Gasteiger partial charge on any atom is -0.354 e. The topological polar surface area (TPSA) is 49.4 Å². The second-order valence-corrected chi connectivity index (χ2v) is 7.64. The first-order valence-corrected chi connectivity index (χ1v) is 10.8. The molecule has 29 heavy (non-hydrogen) atoms. The second kappa shape index (κ2) is 12.3. The molecular formula is C24H31ClN2O2. The molecular weight excluding hydrogens is 384 g/mol. The molecule has 0 aliphatic heterocycles. The minimum absolute atomic E-state index is 0.0127. The van der Waals surface area contributed by atoms with Crippen molar-refractivity contribution in [2.75, 3.05) is 6.54 Å². The van der Waals surface area contributed by atoms with E-state index < -0.39 is 6.04 Å². The summed E-state index contributed by atoms with van der Waals surface area (Å²) in [5.74, 6) is -0.0933. The summed E-state index contributed by atoms with van der Waals surface area (Å²) in [4.78, 5) is 27.6. The average Bonchev–Trinajstić information content (AvgIpc) is 2.74. The fourth-order valence-corrected chi connectivity index (χ4v) is 3.38. The lowest BCUT2D eigenvalue weighted by atomic mass is 10.1. The van der Waals surface area contributed by atoms with Gasteiger partial charge in [0.2, 0.25) is 11.8 Å². The van der Waals surface area contributed by atoms with Gasteiger partial charge in [-0.1, -0.05) is 74.3 Å². The van der Waals surface area contributed by atoms with Crippen molar-refractivity contribution in [3.05, 3.63) is 70.7 Å². The van der Waals surface area contributed by atoms with Gasteiger partial charge < -0.3 is 10.2 Å². The van der Waals surface area contributed by atoms with Crippen LogP contribution in [-0.2, 0) is 22.6 Å². The molecule has 1 atom stereocenters. The second-order valence-electron chi connectivity index (χ2n) is 7.20. The summed E-state index contributed by atoms with van der Waals surface area (Å²) in [7, 11) is 0. The van der Waals surface area contributed by atoms with Crippen LogP contribution in [0.15, 0.2) is 54.6 Å². The lowest BCUT2D eigenvalue weighted by Crippen LogP contribution is -2.49. The number of rotatable bonds is 11. The van der Waals surface area contributed by atoms with E-state index in [1.54, 1.807) is 4.90 Å². The molecule has 156 valence electrons. The van der Waals surface area contributed by atoms with Crippen molar-refractivity contribution in [3.63, 3.8) is 0 Å². The number of nitrogens with zero attached hydrogens (tertiary/aromatic N) is 1. The number of aryl methyl sites for hydroxylation is 1. The van der Waals surface area contributed by atoms with E-state index in [0.717, 1.165) is 24.0 Å². The molecule has 0 spiro atoms.